The molecule has 4 heteroatoms. The van der Waals surface area contributed by atoms with Crippen molar-refractivity contribution in [3.05, 3.63) is 66.2 Å². The lowest BCUT2D eigenvalue weighted by molar-refractivity contribution is -0.117. The minimum absolute atomic E-state index is 0.0468. The Morgan fingerprint density at radius 1 is 1.12 bits per heavy atom. The number of nitrogens with one attached hydrogen (secondary N) is 1. The maximum absolute atomic E-state index is 12.3. The molecule has 0 aromatic heterocycles. The maximum atomic E-state index is 12.3. The van der Waals surface area contributed by atoms with Gasteiger partial charge in [-0.2, -0.15) is 0 Å². The SMILES string of the molecule is CCN(C/C=C/c1ccccc1)CC(=O)Nc1ccccc1OC. The number of benzene rings is 2. The number of ether oxygens (including phenoxy) is 1. The minimum Gasteiger partial charge on any atom is -0.495 e. The number of carbonyl (C=O) groups excluding carboxylic acids is 1. The molecule has 4 nitrogen and oxygen atoms in total. The molecule has 2 rings (SSSR count). The van der Waals surface area contributed by atoms with Gasteiger partial charge in [-0.1, -0.05) is 61.5 Å². The molecule has 1 amide bonds. The zero-order valence-corrected chi connectivity index (χ0v) is 14.2. The Hall–Kier alpha value is -2.59. The molecule has 0 aliphatic heterocycles. The summed E-state index contributed by atoms with van der Waals surface area (Å²) in [7, 11) is 1.59. The zero-order chi connectivity index (χ0) is 17.2. The number of anilines is 1. The fraction of sp³-hybridized carbons (Fsp3) is 0.250. The van der Waals surface area contributed by atoms with Crippen LogP contribution in [-0.2, 0) is 4.79 Å². The Morgan fingerprint density at radius 3 is 2.54 bits per heavy atom. The van der Waals surface area contributed by atoms with Gasteiger partial charge in [0.1, 0.15) is 5.75 Å². The van der Waals surface area contributed by atoms with E-state index in [0.29, 0.717) is 18.0 Å². The molecule has 126 valence electrons. The van der Waals surface area contributed by atoms with Gasteiger partial charge in [0, 0.05) is 6.54 Å². The number of amides is 1. The Labute approximate surface area is 143 Å². The molecule has 0 atom stereocenters. The monoisotopic (exact) mass is 324 g/mol. The Bertz CT molecular complexity index is 668. The molecule has 0 aliphatic carbocycles. The lowest BCUT2D eigenvalue weighted by atomic mass is 10.2. The summed E-state index contributed by atoms with van der Waals surface area (Å²) in [6, 6.07) is 17.5. The van der Waals surface area contributed by atoms with E-state index in [9.17, 15) is 4.79 Å². The van der Waals surface area contributed by atoms with Crippen LogP contribution < -0.4 is 10.1 Å². The van der Waals surface area contributed by atoms with Gasteiger partial charge in [0.25, 0.3) is 0 Å². The van der Waals surface area contributed by atoms with E-state index in [2.05, 4.69) is 34.5 Å². The summed E-state index contributed by atoms with van der Waals surface area (Å²) in [5, 5.41) is 2.90. The van der Waals surface area contributed by atoms with Crippen molar-refractivity contribution >= 4 is 17.7 Å². The molecule has 0 unspecified atom stereocenters. The third-order valence-corrected chi connectivity index (χ3v) is 3.67. The largest absolute Gasteiger partial charge is 0.495 e. The van der Waals surface area contributed by atoms with Crippen LogP contribution >= 0.6 is 0 Å². The summed E-state index contributed by atoms with van der Waals surface area (Å²) < 4.78 is 5.25. The molecule has 0 heterocycles. The van der Waals surface area contributed by atoms with Gasteiger partial charge in [-0.15, -0.1) is 0 Å². The van der Waals surface area contributed by atoms with Crippen molar-refractivity contribution in [2.75, 3.05) is 32.1 Å². The van der Waals surface area contributed by atoms with E-state index >= 15 is 0 Å². The first-order chi connectivity index (χ1) is 11.7. The van der Waals surface area contributed by atoms with Crippen molar-refractivity contribution in [2.45, 2.75) is 6.92 Å². The molecule has 0 radical (unpaired) electrons. The summed E-state index contributed by atoms with van der Waals surface area (Å²) in [6.45, 7) is 3.92. The second kappa shape index (κ2) is 9.53. The topological polar surface area (TPSA) is 41.6 Å². The number of para-hydroxylation sites is 2. The van der Waals surface area contributed by atoms with Crippen molar-refractivity contribution in [3.63, 3.8) is 0 Å². The number of rotatable bonds is 8. The van der Waals surface area contributed by atoms with Gasteiger partial charge in [-0.3, -0.25) is 9.69 Å². The quantitative estimate of drug-likeness (QED) is 0.805. The summed E-state index contributed by atoms with van der Waals surface area (Å²) >= 11 is 0. The summed E-state index contributed by atoms with van der Waals surface area (Å²) in [6.07, 6.45) is 4.15. The second-order valence-electron chi connectivity index (χ2n) is 5.39. The van der Waals surface area contributed by atoms with Crippen LogP contribution in [-0.4, -0.2) is 37.6 Å². The first-order valence-corrected chi connectivity index (χ1v) is 8.09. The Morgan fingerprint density at radius 2 is 1.83 bits per heavy atom. The van der Waals surface area contributed by atoms with Crippen molar-refractivity contribution in [1.29, 1.82) is 0 Å². The summed E-state index contributed by atoms with van der Waals surface area (Å²) in [5.74, 6) is 0.618. The van der Waals surface area contributed by atoms with Crippen LogP contribution in [0.1, 0.15) is 12.5 Å². The summed E-state index contributed by atoms with van der Waals surface area (Å²) in [4.78, 5) is 14.3. The van der Waals surface area contributed by atoms with Crippen LogP contribution in [0.5, 0.6) is 5.75 Å². The van der Waals surface area contributed by atoms with E-state index in [0.717, 1.165) is 18.7 Å². The third kappa shape index (κ3) is 5.56. The van der Waals surface area contributed by atoms with Gasteiger partial charge in [-0.25, -0.2) is 0 Å². The molecule has 1 N–H and O–H groups in total. The zero-order valence-electron chi connectivity index (χ0n) is 14.2. The molecule has 0 fully saturated rings. The Kier molecular flexibility index (Phi) is 7.05. The van der Waals surface area contributed by atoms with Crippen molar-refractivity contribution in [2.24, 2.45) is 0 Å². The highest BCUT2D eigenvalue weighted by molar-refractivity contribution is 5.93. The molecular formula is C20H24N2O2. The molecule has 0 saturated carbocycles. The lowest BCUT2D eigenvalue weighted by Gasteiger charge is -2.18. The molecule has 24 heavy (non-hydrogen) atoms. The highest BCUT2D eigenvalue weighted by Crippen LogP contribution is 2.22. The molecule has 2 aromatic carbocycles. The first-order valence-electron chi connectivity index (χ1n) is 8.09. The van der Waals surface area contributed by atoms with Crippen molar-refractivity contribution < 1.29 is 9.53 Å². The fourth-order valence-corrected chi connectivity index (χ4v) is 2.35. The molecule has 0 spiro atoms. The molecule has 0 bridgehead atoms. The molecule has 0 aliphatic rings. The third-order valence-electron chi connectivity index (χ3n) is 3.67. The highest BCUT2D eigenvalue weighted by Gasteiger charge is 2.10. The smallest absolute Gasteiger partial charge is 0.238 e. The average molecular weight is 324 g/mol. The van der Waals surface area contributed by atoms with Crippen LogP contribution in [0, 0.1) is 0 Å². The molecular weight excluding hydrogens is 300 g/mol. The van der Waals surface area contributed by atoms with E-state index in [1.807, 2.05) is 49.4 Å². The van der Waals surface area contributed by atoms with Gasteiger partial charge in [0.2, 0.25) is 5.91 Å². The van der Waals surface area contributed by atoms with E-state index in [1.54, 1.807) is 7.11 Å². The Balaban J connectivity index is 1.87. The van der Waals surface area contributed by atoms with Gasteiger partial charge in [0.05, 0.1) is 19.3 Å². The van der Waals surface area contributed by atoms with Crippen LogP contribution in [0.2, 0.25) is 0 Å². The minimum atomic E-state index is -0.0468. The van der Waals surface area contributed by atoms with Crippen LogP contribution in [0.4, 0.5) is 5.69 Å². The maximum Gasteiger partial charge on any atom is 0.238 e. The number of carbonyl (C=O) groups is 1. The van der Waals surface area contributed by atoms with Crippen LogP contribution in [0.25, 0.3) is 6.08 Å². The van der Waals surface area contributed by atoms with Crippen LogP contribution in [0.15, 0.2) is 60.7 Å². The standard InChI is InChI=1S/C20H24N2O2/c1-3-22(15-9-12-17-10-5-4-6-11-17)16-20(23)21-18-13-7-8-14-19(18)24-2/h4-14H,3,15-16H2,1-2H3,(H,21,23)/b12-9+. The van der Waals surface area contributed by atoms with Gasteiger partial charge in [-0.05, 0) is 24.2 Å². The predicted molar refractivity (Wildman–Crippen MR) is 99.2 cm³/mol. The number of hydrogen-bond acceptors (Lipinski definition) is 3. The average Bonchev–Trinajstić information content (AvgIpc) is 2.62. The number of hydrogen-bond donors (Lipinski definition) is 1. The summed E-state index contributed by atoms with van der Waals surface area (Å²) in [5.41, 5.74) is 1.85. The number of nitrogens with zero attached hydrogens (tertiary/aromatic N) is 1. The second-order valence-corrected chi connectivity index (χ2v) is 5.39. The van der Waals surface area contributed by atoms with E-state index in [1.165, 1.54) is 0 Å². The first kappa shape index (κ1) is 17.8. The predicted octanol–water partition coefficient (Wildman–Crippen LogP) is 3.67. The van der Waals surface area contributed by atoms with E-state index in [4.69, 9.17) is 4.74 Å². The molecule has 2 aromatic rings. The number of likely N-dealkylation sites (N-methyl/N-ethyl adjacent to an activating group) is 1. The lowest BCUT2D eigenvalue weighted by Crippen LogP contribution is -2.33. The molecule has 0 saturated heterocycles. The van der Waals surface area contributed by atoms with Crippen LogP contribution in [0.3, 0.4) is 0 Å². The van der Waals surface area contributed by atoms with Gasteiger partial charge >= 0.3 is 0 Å². The van der Waals surface area contributed by atoms with E-state index in [-0.39, 0.29) is 5.91 Å². The van der Waals surface area contributed by atoms with Crippen molar-refractivity contribution in [1.82, 2.24) is 4.90 Å². The van der Waals surface area contributed by atoms with Gasteiger partial charge in [0.15, 0.2) is 0 Å². The normalized spacial score (nSPS) is 11.0. The van der Waals surface area contributed by atoms with Gasteiger partial charge < -0.3 is 10.1 Å². The van der Waals surface area contributed by atoms with Crippen molar-refractivity contribution in [3.8, 4) is 5.75 Å². The van der Waals surface area contributed by atoms with E-state index < -0.39 is 0 Å². The number of methoxy groups -OCH3 is 1. The highest BCUT2D eigenvalue weighted by atomic mass is 16.5. The fourth-order valence-electron chi connectivity index (χ4n) is 2.35.